The molecule has 2 aliphatic heterocycles. The molecule has 0 bridgehead atoms. The van der Waals surface area contributed by atoms with Crippen molar-refractivity contribution in [2.75, 3.05) is 133 Å². The maximum Gasteiger partial charge on any atom is 0.410 e. The highest BCUT2D eigenvalue weighted by atomic mass is 16.6. The highest BCUT2D eigenvalue weighted by Crippen LogP contribution is 2.31. The van der Waals surface area contributed by atoms with Crippen LogP contribution in [0.4, 0.5) is 4.79 Å². The minimum atomic E-state index is -1.70. The molecule has 2 rings (SSSR count). The van der Waals surface area contributed by atoms with Gasteiger partial charge in [0.05, 0.1) is 90.8 Å². The third kappa shape index (κ3) is 25.6. The van der Waals surface area contributed by atoms with Crippen molar-refractivity contribution in [2.45, 2.75) is 94.8 Å². The van der Waals surface area contributed by atoms with Crippen molar-refractivity contribution in [2.24, 2.45) is 38.8 Å². The van der Waals surface area contributed by atoms with Crippen LogP contribution in [-0.2, 0) is 61.8 Å². The van der Waals surface area contributed by atoms with Gasteiger partial charge in [0.2, 0.25) is 23.3 Å². The summed E-state index contributed by atoms with van der Waals surface area (Å²) in [4.78, 5) is 75.3. The first-order valence-corrected chi connectivity index (χ1v) is 25.3. The fourth-order valence-corrected chi connectivity index (χ4v) is 7.72. The number of carboxylic acids is 2. The number of unbranched alkanes of at least 4 members (excludes halogenated alkanes) is 1. The molecule has 0 aliphatic carbocycles. The van der Waals surface area contributed by atoms with E-state index in [2.05, 4.69) is 20.2 Å². The quantitative estimate of drug-likeness (QED) is 0.0157. The molecule has 0 fully saturated rings. The molecular weight excluding hydrogens is 1020 g/mol. The summed E-state index contributed by atoms with van der Waals surface area (Å²) in [5.41, 5.74) is 22.2. The van der Waals surface area contributed by atoms with Crippen LogP contribution in [0, 0.1) is 5.92 Å². The van der Waals surface area contributed by atoms with Crippen LogP contribution in [0.1, 0.15) is 40.0 Å². The van der Waals surface area contributed by atoms with E-state index in [1.807, 2.05) is 6.92 Å². The lowest BCUT2D eigenvalue weighted by atomic mass is 9.87. The number of amides is 3. The number of nitrogens with one attached hydrogen (secondary N) is 1. The van der Waals surface area contributed by atoms with Gasteiger partial charge in [-0.05, 0) is 38.0 Å². The SMILES string of the molecule is CCCOCCOCCOCCOCCN(CCCCN(C)C(=O)CO[C@@H]([C@@H]1OC(C(=O)O)=C[C@H](N=C(N)N)[C@H]1NC(C)=O)[C@H](O)CO)CCOCCN(C)C(=O)O[C@@H]([C@@H]1OC(C(=O)O)=C[C@H](N=C(N)N)[C@H]1C)[C@H](O)CO. The Balaban J connectivity index is 2.02. The van der Waals surface area contributed by atoms with E-state index in [0.29, 0.717) is 85.3 Å². The average Bonchev–Trinajstić information content (AvgIpc) is 3.38. The van der Waals surface area contributed by atoms with E-state index in [0.717, 1.165) is 12.5 Å². The predicted molar refractivity (Wildman–Crippen MR) is 274 cm³/mol. The summed E-state index contributed by atoms with van der Waals surface area (Å²) in [6.07, 6.45) is -5.79. The molecule has 2 aliphatic rings. The standard InChI is InChI=1S/C47H84N10O20/c1-6-14-69-18-20-72-22-23-73-21-19-71-17-13-57(12-16-70-15-11-56(5)47(68)77-41(34(62)27-59)39-29(2)31(53-45(48)49)24-35(75-39)43(64)65)10-8-7-9-55(4)37(63)28-74-40(33(61)26-58)42-38(52-30(3)60)32(54-46(50)51)25-36(76-42)44(66)67/h24-25,29,31-34,38-42,58-59,61-62H,6-23,26-28H2,1-5H3,(H,52,60)(H,64,65)(H,66,67)(H4,48,49,53)(H4,50,51,54)/t29-,31+,32+,33-,34-,38-,39-,40-,41-,42-/m1/s1. The van der Waals surface area contributed by atoms with Gasteiger partial charge in [0.1, 0.15) is 31.0 Å². The van der Waals surface area contributed by atoms with Gasteiger partial charge in [0, 0.05) is 59.7 Å². The molecule has 77 heavy (non-hydrogen) atoms. The Morgan fingerprint density at radius 1 is 0.662 bits per heavy atom. The second kappa shape index (κ2) is 37.2. The van der Waals surface area contributed by atoms with Gasteiger partial charge in [0.25, 0.3) is 0 Å². The Kier molecular flexibility index (Phi) is 32.6. The number of likely N-dealkylation sites (N-methyl/N-ethyl adjacent to an activating group) is 2. The minimum absolute atomic E-state index is 0.0335. The van der Waals surface area contributed by atoms with Crippen LogP contribution in [0.25, 0.3) is 0 Å². The number of aliphatic imine (C=N–C) groups is 2. The van der Waals surface area contributed by atoms with E-state index in [9.17, 15) is 54.6 Å². The number of nitrogens with zero attached hydrogens (tertiary/aromatic N) is 5. The Bertz CT molecular complexity index is 1910. The number of aliphatic hydroxyl groups excluding tert-OH is 4. The molecule has 0 radical (unpaired) electrons. The first kappa shape index (κ1) is 67.4. The molecule has 3 amide bonds. The molecule has 10 atom stereocenters. The molecule has 30 nitrogen and oxygen atoms in total. The minimum Gasteiger partial charge on any atom is -0.479 e. The summed E-state index contributed by atoms with van der Waals surface area (Å²) in [6.45, 7) is 8.08. The number of aliphatic hydroxyl groups is 4. The number of aliphatic carboxylic acids is 2. The number of carbonyl (C=O) groups excluding carboxylic acids is 3. The van der Waals surface area contributed by atoms with Crippen LogP contribution >= 0.6 is 0 Å². The molecule has 0 saturated carbocycles. The van der Waals surface area contributed by atoms with Crippen LogP contribution in [0.5, 0.6) is 0 Å². The molecule has 2 heterocycles. The van der Waals surface area contributed by atoms with Gasteiger partial charge in [-0.15, -0.1) is 0 Å². The van der Waals surface area contributed by atoms with E-state index in [1.54, 1.807) is 14.0 Å². The molecule has 0 saturated heterocycles. The summed E-state index contributed by atoms with van der Waals surface area (Å²) in [6, 6.07) is -3.29. The highest BCUT2D eigenvalue weighted by molar-refractivity contribution is 5.86. The zero-order valence-corrected chi connectivity index (χ0v) is 44.7. The second-order valence-electron chi connectivity index (χ2n) is 18.0. The monoisotopic (exact) mass is 1110 g/mol. The first-order valence-electron chi connectivity index (χ1n) is 25.3. The van der Waals surface area contributed by atoms with Gasteiger partial charge in [-0.25, -0.2) is 24.4 Å². The number of hydrogen-bond donors (Lipinski definition) is 11. The van der Waals surface area contributed by atoms with Gasteiger partial charge in [0.15, 0.2) is 24.1 Å². The van der Waals surface area contributed by atoms with E-state index in [1.165, 1.54) is 29.8 Å². The van der Waals surface area contributed by atoms with Crippen molar-refractivity contribution >= 4 is 41.8 Å². The van der Waals surface area contributed by atoms with Crippen molar-refractivity contribution in [3.05, 3.63) is 23.7 Å². The average molecular weight is 1110 g/mol. The van der Waals surface area contributed by atoms with Crippen molar-refractivity contribution in [1.82, 2.24) is 20.0 Å². The van der Waals surface area contributed by atoms with Crippen molar-refractivity contribution in [3.8, 4) is 0 Å². The fraction of sp³-hybridized carbons (Fsp3) is 0.766. The van der Waals surface area contributed by atoms with Crippen molar-refractivity contribution in [1.29, 1.82) is 0 Å². The zero-order chi connectivity index (χ0) is 57.5. The summed E-state index contributed by atoms with van der Waals surface area (Å²) >= 11 is 0. The second-order valence-corrected chi connectivity index (χ2v) is 18.0. The highest BCUT2D eigenvalue weighted by Gasteiger charge is 2.46. The Morgan fingerprint density at radius 3 is 1.65 bits per heavy atom. The fourth-order valence-electron chi connectivity index (χ4n) is 7.72. The van der Waals surface area contributed by atoms with Crippen LogP contribution in [0.15, 0.2) is 33.7 Å². The lowest BCUT2D eigenvalue weighted by Gasteiger charge is -2.40. The number of rotatable bonds is 40. The first-order chi connectivity index (χ1) is 36.6. The molecule has 442 valence electrons. The lowest BCUT2D eigenvalue weighted by Crippen LogP contribution is -2.60. The Labute approximate surface area is 448 Å². The molecule has 15 N–H and O–H groups in total. The summed E-state index contributed by atoms with van der Waals surface area (Å²) in [5, 5.41) is 63.2. The van der Waals surface area contributed by atoms with Gasteiger partial charge in [-0.1, -0.05) is 13.8 Å². The van der Waals surface area contributed by atoms with E-state index in [4.69, 9.17) is 65.6 Å². The summed E-state index contributed by atoms with van der Waals surface area (Å²) in [5.74, 6) is -6.70. The van der Waals surface area contributed by atoms with Crippen molar-refractivity contribution in [3.63, 3.8) is 0 Å². The Morgan fingerprint density at radius 2 is 1.13 bits per heavy atom. The molecule has 30 heteroatoms. The maximum atomic E-state index is 13.3. The third-order valence-corrected chi connectivity index (χ3v) is 11.8. The third-order valence-electron chi connectivity index (χ3n) is 11.8. The lowest BCUT2D eigenvalue weighted by molar-refractivity contribution is -0.162. The molecule has 0 aromatic carbocycles. The number of carbonyl (C=O) groups is 5. The number of guanidine groups is 2. The van der Waals surface area contributed by atoms with Crippen LogP contribution in [-0.4, -0.2) is 275 Å². The summed E-state index contributed by atoms with van der Waals surface area (Å²) in [7, 11) is 2.96. The molecule has 0 aromatic rings. The number of hydrogen-bond acceptors (Lipinski definition) is 21. The van der Waals surface area contributed by atoms with Gasteiger partial charge < -0.3 is 111 Å². The predicted octanol–water partition coefficient (Wildman–Crippen LogP) is -4.29. The van der Waals surface area contributed by atoms with Gasteiger partial charge in [-0.2, -0.15) is 0 Å². The maximum absolute atomic E-state index is 13.3. The molecule has 0 unspecified atom stereocenters. The largest absolute Gasteiger partial charge is 0.479 e. The smallest absolute Gasteiger partial charge is 0.410 e. The van der Waals surface area contributed by atoms with E-state index in [-0.39, 0.29) is 32.3 Å². The van der Waals surface area contributed by atoms with Gasteiger partial charge >= 0.3 is 18.0 Å². The molecule has 0 spiro atoms. The molecular formula is C47H84N10O20. The normalized spacial score (nSPS) is 20.7. The van der Waals surface area contributed by atoms with Crippen LogP contribution in [0.3, 0.4) is 0 Å². The summed E-state index contributed by atoms with van der Waals surface area (Å²) < 4.78 is 50.8. The number of ether oxygens (including phenoxy) is 9. The van der Waals surface area contributed by atoms with E-state index >= 15 is 0 Å². The topological polar surface area (TPSA) is 440 Å². The van der Waals surface area contributed by atoms with Gasteiger partial charge in [-0.3, -0.25) is 14.5 Å². The number of nitrogens with two attached hydrogens (primary N) is 4. The zero-order valence-electron chi connectivity index (χ0n) is 44.7. The molecule has 0 aromatic heterocycles. The van der Waals surface area contributed by atoms with Crippen molar-refractivity contribution < 1.29 is 97.2 Å². The van der Waals surface area contributed by atoms with Crippen LogP contribution < -0.4 is 28.3 Å². The van der Waals surface area contributed by atoms with E-state index < -0.39 is 128 Å². The number of carboxylic acid groups (broad SMARTS) is 2. The Hall–Kier alpha value is -5.67. The van der Waals surface area contributed by atoms with Crippen LogP contribution in [0.2, 0.25) is 0 Å².